The third-order valence-electron chi connectivity index (χ3n) is 4.25. The highest BCUT2D eigenvalue weighted by atomic mass is 32.1. The number of carbonyl (C=O) groups excluding carboxylic acids is 3. The molecule has 174 valence electrons. The Balaban J connectivity index is 4.92. The lowest BCUT2D eigenvalue weighted by atomic mass is 10.0. The standard InChI is InChI=1S/C18H35N5O5S2/c1-10(2)7-11(20)15(24)22-13(8-29)17(26)23-14(9-30)16(25)21-12(18(27)28)5-3-4-6-19/h10-14,29-30H,3-9,19-20H2,1-2H3,(H,21,25)(H,22,24)(H,23,26)(H,27,28). The zero-order valence-corrected chi connectivity index (χ0v) is 19.3. The van der Waals surface area contributed by atoms with Crippen molar-refractivity contribution >= 4 is 48.9 Å². The monoisotopic (exact) mass is 465 g/mol. The first-order valence-corrected chi connectivity index (χ1v) is 11.1. The van der Waals surface area contributed by atoms with E-state index in [4.69, 9.17) is 11.5 Å². The van der Waals surface area contributed by atoms with Gasteiger partial charge in [0.15, 0.2) is 0 Å². The van der Waals surface area contributed by atoms with Crippen molar-refractivity contribution in [2.24, 2.45) is 17.4 Å². The molecule has 30 heavy (non-hydrogen) atoms. The summed E-state index contributed by atoms with van der Waals surface area (Å²) < 4.78 is 0. The lowest BCUT2D eigenvalue weighted by Crippen LogP contribution is -2.58. The first-order valence-electron chi connectivity index (χ1n) is 9.88. The number of amides is 3. The van der Waals surface area contributed by atoms with Gasteiger partial charge in [-0.05, 0) is 38.1 Å². The van der Waals surface area contributed by atoms with E-state index in [0.29, 0.717) is 25.8 Å². The maximum absolute atomic E-state index is 12.5. The Morgan fingerprint density at radius 1 is 0.867 bits per heavy atom. The van der Waals surface area contributed by atoms with Crippen molar-refractivity contribution in [2.75, 3.05) is 18.1 Å². The fraction of sp³-hybridized carbons (Fsp3) is 0.778. The molecule has 0 aromatic rings. The van der Waals surface area contributed by atoms with Crippen LogP contribution in [0.3, 0.4) is 0 Å². The first kappa shape index (κ1) is 28.5. The molecule has 0 aliphatic heterocycles. The van der Waals surface area contributed by atoms with E-state index in [1.165, 1.54) is 0 Å². The largest absolute Gasteiger partial charge is 0.480 e. The van der Waals surface area contributed by atoms with E-state index in [2.05, 4.69) is 41.2 Å². The number of carboxylic acids is 1. The highest BCUT2D eigenvalue weighted by molar-refractivity contribution is 7.80. The molecule has 0 heterocycles. The van der Waals surface area contributed by atoms with Gasteiger partial charge < -0.3 is 32.5 Å². The van der Waals surface area contributed by atoms with Crippen molar-refractivity contribution in [3.8, 4) is 0 Å². The third kappa shape index (κ3) is 11.0. The number of unbranched alkanes of at least 4 members (excludes halogenated alkanes) is 1. The SMILES string of the molecule is CC(C)CC(N)C(=O)NC(CS)C(=O)NC(CS)C(=O)NC(CCCCN)C(=O)O. The Bertz CT molecular complexity index is 579. The molecule has 0 fully saturated rings. The Morgan fingerprint density at radius 2 is 1.33 bits per heavy atom. The number of nitrogens with one attached hydrogen (secondary N) is 3. The van der Waals surface area contributed by atoms with Gasteiger partial charge in [0.2, 0.25) is 17.7 Å². The van der Waals surface area contributed by atoms with E-state index >= 15 is 0 Å². The summed E-state index contributed by atoms with van der Waals surface area (Å²) in [5.74, 6) is -2.85. The van der Waals surface area contributed by atoms with E-state index in [0.717, 1.165) is 0 Å². The van der Waals surface area contributed by atoms with Crippen LogP contribution in [0.2, 0.25) is 0 Å². The first-order chi connectivity index (χ1) is 14.1. The number of hydrogen-bond donors (Lipinski definition) is 8. The second-order valence-corrected chi connectivity index (χ2v) is 8.14. The van der Waals surface area contributed by atoms with Crippen LogP contribution in [0.15, 0.2) is 0 Å². The molecular formula is C18H35N5O5S2. The number of aliphatic carboxylic acids is 1. The van der Waals surface area contributed by atoms with Crippen molar-refractivity contribution in [3.63, 3.8) is 0 Å². The number of rotatable bonds is 15. The topological polar surface area (TPSA) is 177 Å². The van der Waals surface area contributed by atoms with E-state index < -0.39 is 47.9 Å². The Labute approximate surface area is 188 Å². The van der Waals surface area contributed by atoms with Crippen molar-refractivity contribution in [2.45, 2.75) is 63.7 Å². The molecule has 0 saturated carbocycles. The summed E-state index contributed by atoms with van der Waals surface area (Å²) in [6.07, 6.45) is 1.84. The summed E-state index contributed by atoms with van der Waals surface area (Å²) in [6.45, 7) is 4.27. The lowest BCUT2D eigenvalue weighted by Gasteiger charge is -2.24. The van der Waals surface area contributed by atoms with E-state index in [1.54, 1.807) is 0 Å². The van der Waals surface area contributed by atoms with Gasteiger partial charge in [0.25, 0.3) is 0 Å². The number of carbonyl (C=O) groups is 4. The molecule has 0 bridgehead atoms. The van der Waals surface area contributed by atoms with Crippen LogP contribution < -0.4 is 27.4 Å². The Kier molecular flexibility index (Phi) is 14.6. The Hall–Kier alpha value is -1.50. The second-order valence-electron chi connectivity index (χ2n) is 7.41. The summed E-state index contributed by atoms with van der Waals surface area (Å²) in [5.41, 5.74) is 11.2. The van der Waals surface area contributed by atoms with Gasteiger partial charge in [0.1, 0.15) is 18.1 Å². The highest BCUT2D eigenvalue weighted by Gasteiger charge is 2.29. The van der Waals surface area contributed by atoms with Crippen LogP contribution in [0.25, 0.3) is 0 Å². The quantitative estimate of drug-likeness (QED) is 0.112. The van der Waals surface area contributed by atoms with Crippen molar-refractivity contribution in [3.05, 3.63) is 0 Å². The molecule has 4 unspecified atom stereocenters. The van der Waals surface area contributed by atoms with Crippen LogP contribution in [0.1, 0.15) is 39.5 Å². The van der Waals surface area contributed by atoms with Gasteiger partial charge in [0, 0.05) is 11.5 Å². The van der Waals surface area contributed by atoms with Gasteiger partial charge in [-0.2, -0.15) is 25.3 Å². The van der Waals surface area contributed by atoms with Crippen LogP contribution in [-0.4, -0.2) is 71.0 Å². The predicted octanol–water partition coefficient (Wildman–Crippen LogP) is -1.11. The van der Waals surface area contributed by atoms with Crippen LogP contribution in [0, 0.1) is 5.92 Å². The van der Waals surface area contributed by atoms with Crippen molar-refractivity contribution in [1.29, 1.82) is 0 Å². The molecule has 0 aromatic carbocycles. The van der Waals surface area contributed by atoms with Crippen molar-refractivity contribution in [1.82, 2.24) is 16.0 Å². The lowest BCUT2D eigenvalue weighted by molar-refractivity contribution is -0.142. The number of thiol groups is 2. The summed E-state index contributed by atoms with van der Waals surface area (Å²) >= 11 is 8.14. The van der Waals surface area contributed by atoms with Gasteiger partial charge in [0.05, 0.1) is 6.04 Å². The molecule has 0 spiro atoms. The second kappa shape index (κ2) is 15.3. The Morgan fingerprint density at radius 3 is 1.73 bits per heavy atom. The summed E-state index contributed by atoms with van der Waals surface area (Å²) in [5, 5.41) is 16.7. The zero-order chi connectivity index (χ0) is 23.3. The van der Waals surface area contributed by atoms with Crippen LogP contribution in [0.5, 0.6) is 0 Å². The molecule has 12 heteroatoms. The normalized spacial score (nSPS) is 15.0. The van der Waals surface area contributed by atoms with Crippen molar-refractivity contribution < 1.29 is 24.3 Å². The van der Waals surface area contributed by atoms with E-state index in [1.807, 2.05) is 13.8 Å². The summed E-state index contributed by atoms with van der Waals surface area (Å²) in [7, 11) is 0. The fourth-order valence-corrected chi connectivity index (χ4v) is 3.09. The van der Waals surface area contributed by atoms with E-state index in [-0.39, 0.29) is 23.8 Å². The smallest absolute Gasteiger partial charge is 0.326 e. The number of carboxylic acid groups (broad SMARTS) is 1. The molecule has 4 atom stereocenters. The fourth-order valence-electron chi connectivity index (χ4n) is 2.58. The molecule has 0 aliphatic carbocycles. The predicted molar refractivity (Wildman–Crippen MR) is 121 cm³/mol. The van der Waals surface area contributed by atoms with Crippen LogP contribution in [0.4, 0.5) is 0 Å². The average Bonchev–Trinajstić information content (AvgIpc) is 2.68. The van der Waals surface area contributed by atoms with Gasteiger partial charge in [-0.25, -0.2) is 4.79 Å². The van der Waals surface area contributed by atoms with Gasteiger partial charge in [-0.3, -0.25) is 14.4 Å². The minimum atomic E-state index is -1.18. The maximum Gasteiger partial charge on any atom is 0.326 e. The van der Waals surface area contributed by atoms with Crippen LogP contribution >= 0.6 is 25.3 Å². The molecule has 0 radical (unpaired) electrons. The zero-order valence-electron chi connectivity index (χ0n) is 17.5. The molecule has 0 aromatic heterocycles. The average molecular weight is 466 g/mol. The summed E-state index contributed by atoms with van der Waals surface area (Å²) in [4.78, 5) is 48.5. The third-order valence-corrected chi connectivity index (χ3v) is 4.99. The number of nitrogens with two attached hydrogens (primary N) is 2. The molecule has 0 saturated heterocycles. The van der Waals surface area contributed by atoms with Gasteiger partial charge >= 0.3 is 5.97 Å². The number of hydrogen-bond acceptors (Lipinski definition) is 8. The van der Waals surface area contributed by atoms with Gasteiger partial charge in [-0.1, -0.05) is 13.8 Å². The molecular weight excluding hydrogens is 430 g/mol. The minimum absolute atomic E-state index is 0.0102. The maximum atomic E-state index is 12.5. The van der Waals surface area contributed by atoms with Crippen LogP contribution in [-0.2, 0) is 19.2 Å². The molecule has 3 amide bonds. The van der Waals surface area contributed by atoms with Gasteiger partial charge in [-0.15, -0.1) is 0 Å². The molecule has 0 aliphatic rings. The molecule has 10 nitrogen and oxygen atoms in total. The highest BCUT2D eigenvalue weighted by Crippen LogP contribution is 2.04. The molecule has 0 rings (SSSR count). The molecule has 8 N–H and O–H groups in total. The minimum Gasteiger partial charge on any atom is -0.480 e. The summed E-state index contributed by atoms with van der Waals surface area (Å²) in [6, 6.07) is -3.96. The van der Waals surface area contributed by atoms with E-state index in [9.17, 15) is 24.3 Å².